The first kappa shape index (κ1) is 22.7. The van der Waals surface area contributed by atoms with Crippen LogP contribution in [0.2, 0.25) is 0 Å². The predicted molar refractivity (Wildman–Crippen MR) is 166 cm³/mol. The van der Waals surface area contributed by atoms with Crippen LogP contribution in [0.25, 0.3) is 21.9 Å². The summed E-state index contributed by atoms with van der Waals surface area (Å²) in [5.74, 6) is 0. The van der Waals surface area contributed by atoms with E-state index in [0.717, 1.165) is 11.2 Å². The van der Waals surface area contributed by atoms with E-state index in [2.05, 4.69) is 131 Å². The molecule has 0 saturated heterocycles. The molecular weight excluding hydrogens is 473 g/mol. The summed E-state index contributed by atoms with van der Waals surface area (Å²) in [4.78, 5) is 2.48. The second kappa shape index (κ2) is 7.67. The monoisotopic (exact) mass is 503 g/mol. The minimum atomic E-state index is -0.159. The first-order valence-corrected chi connectivity index (χ1v) is 13.9. The second-order valence-electron chi connectivity index (χ2n) is 12.0. The summed E-state index contributed by atoms with van der Waals surface area (Å²) in [6.45, 7) is 11.6. The van der Waals surface area contributed by atoms with Crippen LogP contribution in [0.1, 0.15) is 41.7 Å². The van der Waals surface area contributed by atoms with E-state index in [1.54, 1.807) is 0 Å². The third kappa shape index (κ3) is 2.93. The van der Waals surface area contributed by atoms with E-state index in [0.29, 0.717) is 0 Å². The molecule has 3 heterocycles. The number of hydrogen-bond acceptors (Lipinski definition) is 2. The zero-order valence-electron chi connectivity index (χ0n) is 23.1. The van der Waals surface area contributed by atoms with Gasteiger partial charge in [0, 0.05) is 33.2 Å². The average molecular weight is 503 g/mol. The van der Waals surface area contributed by atoms with Crippen molar-refractivity contribution in [3.63, 3.8) is 0 Å². The maximum Gasteiger partial charge on any atom is 0.248 e. The van der Waals surface area contributed by atoms with E-state index in [1.807, 2.05) is 0 Å². The van der Waals surface area contributed by atoms with Gasteiger partial charge >= 0.3 is 0 Å². The Morgan fingerprint density at radius 2 is 1.44 bits per heavy atom. The molecule has 39 heavy (non-hydrogen) atoms. The van der Waals surface area contributed by atoms with Gasteiger partial charge in [-0.3, -0.25) is 0 Å². The van der Waals surface area contributed by atoms with Gasteiger partial charge in [0.25, 0.3) is 0 Å². The molecule has 0 bridgehead atoms. The van der Waals surface area contributed by atoms with E-state index in [9.17, 15) is 0 Å². The largest absolute Gasteiger partial charge is 0.456 e. The quantitative estimate of drug-likeness (QED) is 0.216. The van der Waals surface area contributed by atoms with Crippen molar-refractivity contribution in [1.82, 2.24) is 0 Å². The molecule has 2 nitrogen and oxygen atoms in total. The number of para-hydroxylation sites is 1. The van der Waals surface area contributed by atoms with Crippen molar-refractivity contribution >= 4 is 62.1 Å². The molecule has 0 radical (unpaired) electrons. The van der Waals surface area contributed by atoms with Gasteiger partial charge in [-0.15, -0.1) is 0 Å². The van der Waals surface area contributed by atoms with E-state index >= 15 is 0 Å². The lowest BCUT2D eigenvalue weighted by Crippen LogP contribution is -2.64. The topological polar surface area (TPSA) is 16.4 Å². The van der Waals surface area contributed by atoms with Crippen molar-refractivity contribution in [3.05, 3.63) is 119 Å². The summed E-state index contributed by atoms with van der Waals surface area (Å²) in [7, 11) is 0. The number of hydrogen-bond donors (Lipinski definition) is 0. The lowest BCUT2D eigenvalue weighted by atomic mass is 9.29. The number of rotatable bonds is 1. The molecule has 3 heteroatoms. The summed E-state index contributed by atoms with van der Waals surface area (Å²) in [6, 6.07) is 33.6. The van der Waals surface area contributed by atoms with Gasteiger partial charge in [0.2, 0.25) is 6.71 Å². The summed E-state index contributed by atoms with van der Waals surface area (Å²) < 4.78 is 6.44. The second-order valence-corrected chi connectivity index (χ2v) is 12.0. The Morgan fingerprint density at radius 1 is 0.692 bits per heavy atom. The number of nitrogens with zero attached hydrogens (tertiary/aromatic N) is 1. The molecule has 2 aliphatic heterocycles. The molecule has 0 unspecified atom stereocenters. The maximum absolute atomic E-state index is 6.44. The first-order chi connectivity index (χ1) is 18.8. The molecule has 0 amide bonds. The smallest absolute Gasteiger partial charge is 0.248 e. The third-order valence-corrected chi connectivity index (χ3v) is 9.16. The molecule has 6 aromatic rings. The van der Waals surface area contributed by atoms with Gasteiger partial charge in [0.15, 0.2) is 0 Å². The minimum Gasteiger partial charge on any atom is -0.456 e. The van der Waals surface area contributed by atoms with Crippen LogP contribution in [0.3, 0.4) is 0 Å². The van der Waals surface area contributed by atoms with Crippen molar-refractivity contribution in [2.45, 2.75) is 40.0 Å². The minimum absolute atomic E-state index is 0.124. The third-order valence-electron chi connectivity index (χ3n) is 9.16. The Balaban J connectivity index is 1.56. The van der Waals surface area contributed by atoms with E-state index < -0.39 is 0 Å². The van der Waals surface area contributed by atoms with Crippen LogP contribution < -0.4 is 21.3 Å². The maximum atomic E-state index is 6.44. The standard InChI is InChI=1S/C36H30BNO/c1-21-10-14-24(15-11-21)38-28-17-12-22(2)20-27(28)37-34-26(36(4,5)33-23(3)13-18-29(38)35(33)37)16-19-31-32(34)25-8-6-7-9-30(25)39-31/h6-20H,1-5H3. The van der Waals surface area contributed by atoms with E-state index in [-0.39, 0.29) is 12.1 Å². The molecule has 8 rings (SSSR count). The van der Waals surface area contributed by atoms with Crippen LogP contribution in [0.4, 0.5) is 17.1 Å². The lowest BCUT2D eigenvalue weighted by Gasteiger charge is -2.46. The molecular formula is C36H30BNO. The SMILES string of the molecule is Cc1ccc(N2c3ccc(C)cc3B3c4c2ccc(C)c4C(C)(C)c2ccc4oc5ccccc5c4c23)cc1. The highest BCUT2D eigenvalue weighted by molar-refractivity contribution is 7.00. The number of benzene rings is 5. The molecule has 0 fully saturated rings. The molecule has 1 aromatic heterocycles. The molecule has 0 saturated carbocycles. The number of aryl methyl sites for hydroxylation is 3. The predicted octanol–water partition coefficient (Wildman–Crippen LogP) is 7.45. The number of furan rings is 1. The van der Waals surface area contributed by atoms with Crippen LogP contribution in [-0.2, 0) is 5.41 Å². The fourth-order valence-corrected chi connectivity index (χ4v) is 7.52. The number of anilines is 3. The van der Waals surface area contributed by atoms with Crippen molar-refractivity contribution < 1.29 is 4.42 Å². The molecule has 5 aromatic carbocycles. The van der Waals surface area contributed by atoms with Crippen molar-refractivity contribution in [2.75, 3.05) is 4.90 Å². The Kier molecular flexibility index (Phi) is 4.47. The summed E-state index contributed by atoms with van der Waals surface area (Å²) in [5.41, 5.74) is 16.5. The van der Waals surface area contributed by atoms with Crippen LogP contribution in [0.5, 0.6) is 0 Å². The molecule has 0 aliphatic carbocycles. The highest BCUT2D eigenvalue weighted by Gasteiger charge is 2.47. The van der Waals surface area contributed by atoms with Crippen LogP contribution in [0, 0.1) is 20.8 Å². The average Bonchev–Trinajstić information content (AvgIpc) is 3.30. The fourth-order valence-electron chi connectivity index (χ4n) is 7.52. The van der Waals surface area contributed by atoms with Crippen LogP contribution in [-0.4, -0.2) is 6.71 Å². The van der Waals surface area contributed by atoms with Crippen molar-refractivity contribution in [1.29, 1.82) is 0 Å². The van der Waals surface area contributed by atoms with Gasteiger partial charge in [-0.05, 0) is 84.8 Å². The highest BCUT2D eigenvalue weighted by Crippen LogP contribution is 2.45. The molecule has 188 valence electrons. The van der Waals surface area contributed by atoms with Gasteiger partial charge in [-0.2, -0.15) is 0 Å². The van der Waals surface area contributed by atoms with Gasteiger partial charge in [0.1, 0.15) is 11.2 Å². The van der Waals surface area contributed by atoms with Gasteiger partial charge in [0.05, 0.1) is 0 Å². The van der Waals surface area contributed by atoms with Crippen LogP contribution in [0.15, 0.2) is 95.4 Å². The Hall–Kier alpha value is -4.24. The van der Waals surface area contributed by atoms with Gasteiger partial charge < -0.3 is 9.32 Å². The zero-order chi connectivity index (χ0) is 26.6. The van der Waals surface area contributed by atoms with E-state index in [1.165, 1.54) is 72.0 Å². The Morgan fingerprint density at radius 3 is 2.26 bits per heavy atom. The zero-order valence-corrected chi connectivity index (χ0v) is 23.1. The summed E-state index contributed by atoms with van der Waals surface area (Å²) in [6.07, 6.45) is 0. The normalized spacial score (nSPS) is 14.9. The lowest BCUT2D eigenvalue weighted by molar-refractivity contribution is 0.639. The van der Waals surface area contributed by atoms with Crippen LogP contribution >= 0.6 is 0 Å². The van der Waals surface area contributed by atoms with Gasteiger partial charge in [-0.1, -0.05) is 85.0 Å². The van der Waals surface area contributed by atoms with Crippen molar-refractivity contribution in [3.8, 4) is 0 Å². The molecule has 0 atom stereocenters. The van der Waals surface area contributed by atoms with Gasteiger partial charge in [-0.25, -0.2) is 0 Å². The summed E-state index contributed by atoms with van der Waals surface area (Å²) >= 11 is 0. The molecule has 0 spiro atoms. The van der Waals surface area contributed by atoms with E-state index in [4.69, 9.17) is 4.42 Å². The molecule has 2 aliphatic rings. The molecule has 0 N–H and O–H groups in total. The fraction of sp³-hybridized carbons (Fsp3) is 0.167. The first-order valence-electron chi connectivity index (χ1n) is 13.9. The number of fused-ring (bicyclic) bond motifs is 8. The Labute approximate surface area is 230 Å². The Bertz CT molecular complexity index is 1980. The van der Waals surface area contributed by atoms with Crippen molar-refractivity contribution in [2.24, 2.45) is 0 Å². The highest BCUT2D eigenvalue weighted by atomic mass is 16.3. The summed E-state index contributed by atoms with van der Waals surface area (Å²) in [5, 5.41) is 2.46.